The Kier molecular flexibility index (Phi) is 5.34. The minimum absolute atomic E-state index is 0.0281. The van der Waals surface area contributed by atoms with E-state index in [1.807, 2.05) is 0 Å². The van der Waals surface area contributed by atoms with Crippen molar-refractivity contribution >= 4 is 27.2 Å². The third-order valence-corrected chi connectivity index (χ3v) is 5.91. The summed E-state index contributed by atoms with van der Waals surface area (Å²) in [5.41, 5.74) is 5.39. The summed E-state index contributed by atoms with van der Waals surface area (Å²) in [4.78, 5) is 0.0281. The first-order chi connectivity index (χ1) is 7.86. The lowest BCUT2D eigenvalue weighted by molar-refractivity contribution is 0.301. The van der Waals surface area contributed by atoms with Crippen molar-refractivity contribution in [2.45, 2.75) is 57.2 Å². The van der Waals surface area contributed by atoms with Gasteiger partial charge in [0.05, 0.1) is 4.99 Å². The highest BCUT2D eigenvalue weighted by Gasteiger charge is 2.29. The second-order valence-corrected chi connectivity index (χ2v) is 7.35. The average Bonchev–Trinajstić information content (AvgIpc) is 2.27. The molecule has 1 aliphatic carbocycles. The molecule has 1 rings (SSSR count). The van der Waals surface area contributed by atoms with Crippen LogP contribution in [-0.2, 0) is 10.0 Å². The van der Waals surface area contributed by atoms with Crippen LogP contribution in [0.5, 0.6) is 0 Å². The van der Waals surface area contributed by atoms with Crippen LogP contribution in [0.2, 0.25) is 0 Å². The van der Waals surface area contributed by atoms with Crippen LogP contribution in [0.1, 0.15) is 46.0 Å². The second kappa shape index (κ2) is 6.11. The summed E-state index contributed by atoms with van der Waals surface area (Å²) in [6.45, 7) is 3.68. The standard InChI is InChI=1S/C11H22N2O2S2/c1-3-9-5-4-6-10(7-9)13-17(14,15)8(2)11(12)16/h8-10,13H,3-7H2,1-2H3,(H2,12,16). The van der Waals surface area contributed by atoms with E-state index in [-0.39, 0.29) is 11.0 Å². The molecule has 0 saturated heterocycles. The first-order valence-corrected chi connectivity index (χ1v) is 8.12. The van der Waals surface area contributed by atoms with Crippen LogP contribution in [0, 0.1) is 5.92 Å². The van der Waals surface area contributed by atoms with Gasteiger partial charge in [-0.2, -0.15) is 0 Å². The van der Waals surface area contributed by atoms with Gasteiger partial charge in [0.15, 0.2) is 0 Å². The van der Waals surface area contributed by atoms with E-state index in [0.717, 1.165) is 25.7 Å². The molecule has 0 radical (unpaired) electrons. The molecular formula is C11H22N2O2S2. The fourth-order valence-electron chi connectivity index (χ4n) is 2.26. The van der Waals surface area contributed by atoms with Gasteiger partial charge in [0.2, 0.25) is 10.0 Å². The third-order valence-electron chi connectivity index (χ3n) is 3.56. The quantitative estimate of drug-likeness (QED) is 0.748. The Morgan fingerprint density at radius 1 is 1.53 bits per heavy atom. The Bertz CT molecular complexity index is 368. The molecule has 0 aromatic heterocycles. The summed E-state index contributed by atoms with van der Waals surface area (Å²) in [7, 11) is -3.41. The zero-order chi connectivity index (χ0) is 13.1. The maximum Gasteiger partial charge on any atom is 0.220 e. The van der Waals surface area contributed by atoms with Gasteiger partial charge in [-0.1, -0.05) is 38.4 Å². The predicted molar refractivity (Wildman–Crippen MR) is 74.3 cm³/mol. The molecule has 0 amide bonds. The van der Waals surface area contributed by atoms with Crippen LogP contribution in [0.3, 0.4) is 0 Å². The van der Waals surface area contributed by atoms with E-state index in [0.29, 0.717) is 5.92 Å². The summed E-state index contributed by atoms with van der Waals surface area (Å²) >= 11 is 4.74. The minimum Gasteiger partial charge on any atom is -0.392 e. The fraction of sp³-hybridized carbons (Fsp3) is 0.909. The van der Waals surface area contributed by atoms with Crippen LogP contribution in [0.15, 0.2) is 0 Å². The lowest BCUT2D eigenvalue weighted by atomic mass is 9.85. The first kappa shape index (κ1) is 14.9. The average molecular weight is 278 g/mol. The molecule has 0 spiro atoms. The van der Waals surface area contributed by atoms with E-state index >= 15 is 0 Å². The Morgan fingerprint density at radius 2 is 2.18 bits per heavy atom. The van der Waals surface area contributed by atoms with E-state index in [1.165, 1.54) is 13.3 Å². The molecule has 3 atom stereocenters. The van der Waals surface area contributed by atoms with Gasteiger partial charge in [0.25, 0.3) is 0 Å². The smallest absolute Gasteiger partial charge is 0.220 e. The topological polar surface area (TPSA) is 72.2 Å². The number of nitrogens with two attached hydrogens (primary N) is 1. The number of hydrogen-bond donors (Lipinski definition) is 2. The van der Waals surface area contributed by atoms with Crippen molar-refractivity contribution < 1.29 is 8.42 Å². The normalized spacial score (nSPS) is 27.6. The highest BCUT2D eigenvalue weighted by atomic mass is 32.2. The largest absolute Gasteiger partial charge is 0.392 e. The van der Waals surface area contributed by atoms with Gasteiger partial charge in [-0.15, -0.1) is 0 Å². The molecule has 0 aliphatic heterocycles. The summed E-state index contributed by atoms with van der Waals surface area (Å²) < 4.78 is 26.7. The van der Waals surface area contributed by atoms with Gasteiger partial charge >= 0.3 is 0 Å². The van der Waals surface area contributed by atoms with Gasteiger partial charge in [0, 0.05) is 6.04 Å². The van der Waals surface area contributed by atoms with Crippen LogP contribution >= 0.6 is 12.2 Å². The lowest BCUT2D eigenvalue weighted by Crippen LogP contribution is -2.46. The van der Waals surface area contributed by atoms with Crippen molar-refractivity contribution in [2.75, 3.05) is 0 Å². The summed E-state index contributed by atoms with van der Waals surface area (Å²) in [6.07, 6.45) is 5.26. The van der Waals surface area contributed by atoms with E-state index in [2.05, 4.69) is 11.6 Å². The van der Waals surface area contributed by atoms with Gasteiger partial charge in [-0.05, 0) is 25.7 Å². The van der Waals surface area contributed by atoms with Crippen molar-refractivity contribution in [1.29, 1.82) is 0 Å². The second-order valence-electron chi connectivity index (χ2n) is 4.85. The molecule has 0 aromatic rings. The Labute approximate surface area is 109 Å². The monoisotopic (exact) mass is 278 g/mol. The van der Waals surface area contributed by atoms with Crippen molar-refractivity contribution in [1.82, 2.24) is 4.72 Å². The number of sulfonamides is 1. The molecule has 0 aromatic carbocycles. The molecule has 1 fully saturated rings. The summed E-state index contributed by atoms with van der Waals surface area (Å²) in [5.74, 6) is 0.636. The molecule has 3 unspecified atom stereocenters. The molecule has 0 heterocycles. The Balaban J connectivity index is 2.61. The predicted octanol–water partition coefficient (Wildman–Crippen LogP) is 1.55. The maximum atomic E-state index is 12.0. The van der Waals surface area contributed by atoms with Crippen molar-refractivity contribution in [2.24, 2.45) is 11.7 Å². The molecule has 0 bridgehead atoms. The molecule has 1 saturated carbocycles. The fourth-order valence-corrected chi connectivity index (χ4v) is 3.82. The lowest BCUT2D eigenvalue weighted by Gasteiger charge is -2.29. The molecule has 4 nitrogen and oxygen atoms in total. The molecular weight excluding hydrogens is 256 g/mol. The van der Waals surface area contributed by atoms with Gasteiger partial charge in [-0.25, -0.2) is 13.1 Å². The van der Waals surface area contributed by atoms with Crippen molar-refractivity contribution in [3.8, 4) is 0 Å². The highest BCUT2D eigenvalue weighted by Crippen LogP contribution is 2.27. The van der Waals surface area contributed by atoms with E-state index in [9.17, 15) is 8.42 Å². The molecule has 6 heteroatoms. The number of rotatable bonds is 5. The highest BCUT2D eigenvalue weighted by molar-refractivity contribution is 7.93. The molecule has 17 heavy (non-hydrogen) atoms. The van der Waals surface area contributed by atoms with Gasteiger partial charge in [0.1, 0.15) is 5.25 Å². The SMILES string of the molecule is CCC1CCCC(NS(=O)(=O)C(C)C(N)=S)C1. The van der Waals surface area contributed by atoms with Crippen molar-refractivity contribution in [3.05, 3.63) is 0 Å². The van der Waals surface area contributed by atoms with E-state index in [4.69, 9.17) is 18.0 Å². The summed E-state index contributed by atoms with van der Waals surface area (Å²) in [5, 5.41) is -0.792. The molecule has 1 aliphatic rings. The zero-order valence-electron chi connectivity index (χ0n) is 10.5. The van der Waals surface area contributed by atoms with Crippen LogP contribution in [0.25, 0.3) is 0 Å². The van der Waals surface area contributed by atoms with Gasteiger partial charge < -0.3 is 5.73 Å². The van der Waals surface area contributed by atoms with Crippen LogP contribution < -0.4 is 10.5 Å². The van der Waals surface area contributed by atoms with E-state index < -0.39 is 15.3 Å². The van der Waals surface area contributed by atoms with Gasteiger partial charge in [-0.3, -0.25) is 0 Å². The maximum absolute atomic E-state index is 12.0. The molecule has 3 N–H and O–H groups in total. The Morgan fingerprint density at radius 3 is 2.71 bits per heavy atom. The third kappa shape index (κ3) is 4.19. The van der Waals surface area contributed by atoms with Crippen molar-refractivity contribution in [3.63, 3.8) is 0 Å². The minimum atomic E-state index is -3.41. The summed E-state index contributed by atoms with van der Waals surface area (Å²) in [6, 6.07) is 0.0514. The molecule has 100 valence electrons. The zero-order valence-corrected chi connectivity index (χ0v) is 12.1. The Hall–Kier alpha value is -0.200. The van der Waals surface area contributed by atoms with E-state index in [1.54, 1.807) is 0 Å². The van der Waals surface area contributed by atoms with Crippen LogP contribution in [0.4, 0.5) is 0 Å². The van der Waals surface area contributed by atoms with Crippen LogP contribution in [-0.4, -0.2) is 24.7 Å². The number of hydrogen-bond acceptors (Lipinski definition) is 3. The number of thiocarbonyl (C=S) groups is 1. The number of nitrogens with one attached hydrogen (secondary N) is 1. The first-order valence-electron chi connectivity index (χ1n) is 6.17.